The molecule has 31 heavy (non-hydrogen) atoms. The lowest BCUT2D eigenvalue weighted by molar-refractivity contribution is 0.0973. The first-order valence-corrected chi connectivity index (χ1v) is 10.0. The SMILES string of the molecule is Cc1ccc(C(=O)Cn2cnc3c(Nc4cnc5ccccc5c4)nc(Cl)nc32)cc1. The van der Waals surface area contributed by atoms with Crippen molar-refractivity contribution in [2.75, 3.05) is 5.32 Å². The summed E-state index contributed by atoms with van der Waals surface area (Å²) in [5.74, 6) is 0.413. The summed E-state index contributed by atoms with van der Waals surface area (Å²) in [7, 11) is 0. The number of anilines is 2. The number of carbonyl (C=O) groups is 1. The van der Waals surface area contributed by atoms with Gasteiger partial charge in [0.1, 0.15) is 0 Å². The molecule has 0 bridgehead atoms. The molecule has 0 aliphatic heterocycles. The van der Waals surface area contributed by atoms with Gasteiger partial charge in [0.05, 0.1) is 30.3 Å². The van der Waals surface area contributed by atoms with Crippen LogP contribution in [-0.4, -0.2) is 30.3 Å². The molecule has 5 rings (SSSR count). The second-order valence-electron chi connectivity index (χ2n) is 7.22. The Bertz CT molecular complexity index is 1430. The summed E-state index contributed by atoms with van der Waals surface area (Å²) in [5.41, 5.74) is 4.39. The summed E-state index contributed by atoms with van der Waals surface area (Å²) in [6.45, 7) is 2.08. The number of aryl methyl sites for hydroxylation is 1. The third-order valence-corrected chi connectivity index (χ3v) is 5.15. The Morgan fingerprint density at radius 3 is 2.71 bits per heavy atom. The van der Waals surface area contributed by atoms with Crippen molar-refractivity contribution in [1.29, 1.82) is 0 Å². The summed E-state index contributed by atoms with van der Waals surface area (Å²) in [6, 6.07) is 17.3. The highest BCUT2D eigenvalue weighted by Crippen LogP contribution is 2.26. The van der Waals surface area contributed by atoms with Crippen LogP contribution in [0.2, 0.25) is 5.28 Å². The van der Waals surface area contributed by atoms with Crippen molar-refractivity contribution in [2.45, 2.75) is 13.5 Å². The first-order valence-electron chi connectivity index (χ1n) is 9.67. The lowest BCUT2D eigenvalue weighted by atomic mass is 10.1. The second-order valence-corrected chi connectivity index (χ2v) is 7.55. The molecule has 152 valence electrons. The molecule has 2 aromatic carbocycles. The second kappa shape index (κ2) is 7.77. The zero-order valence-electron chi connectivity index (χ0n) is 16.6. The molecule has 0 radical (unpaired) electrons. The molecule has 0 spiro atoms. The molecule has 0 fully saturated rings. The number of para-hydroxylation sites is 1. The standard InChI is InChI=1S/C23H17ClN6O/c1-14-6-8-15(9-7-14)19(31)12-30-13-26-20-21(28-23(24)29-22(20)30)27-17-10-16-4-2-3-5-18(16)25-11-17/h2-11,13H,12H2,1H3,(H,27,28,29). The first-order chi connectivity index (χ1) is 15.1. The molecule has 8 heteroatoms. The zero-order chi connectivity index (χ0) is 21.4. The maximum absolute atomic E-state index is 12.7. The lowest BCUT2D eigenvalue weighted by Crippen LogP contribution is -2.10. The highest BCUT2D eigenvalue weighted by molar-refractivity contribution is 6.28. The number of Topliss-reactive ketones (excluding diaryl/α,β-unsaturated/α-hetero) is 1. The molecule has 3 heterocycles. The molecule has 0 aliphatic carbocycles. The van der Waals surface area contributed by atoms with E-state index in [1.165, 1.54) is 0 Å². The van der Waals surface area contributed by atoms with Gasteiger partial charge in [0.2, 0.25) is 5.28 Å². The number of aromatic nitrogens is 5. The number of hydrogen-bond donors (Lipinski definition) is 1. The fourth-order valence-corrected chi connectivity index (χ4v) is 3.55. The van der Waals surface area contributed by atoms with Crippen molar-refractivity contribution in [3.05, 3.63) is 83.5 Å². The minimum Gasteiger partial charge on any atom is -0.337 e. The van der Waals surface area contributed by atoms with E-state index in [-0.39, 0.29) is 17.6 Å². The predicted octanol–water partition coefficient (Wildman–Crippen LogP) is 4.96. The number of pyridine rings is 1. The van der Waals surface area contributed by atoms with Gasteiger partial charge in [-0.3, -0.25) is 9.78 Å². The number of nitrogens with zero attached hydrogens (tertiary/aromatic N) is 5. The van der Waals surface area contributed by atoms with Crippen LogP contribution >= 0.6 is 11.6 Å². The van der Waals surface area contributed by atoms with Crippen LogP contribution in [0.3, 0.4) is 0 Å². The number of halogens is 1. The van der Waals surface area contributed by atoms with E-state index in [0.29, 0.717) is 22.5 Å². The Kier molecular flexibility index (Phi) is 4.80. The Balaban J connectivity index is 1.48. The number of carbonyl (C=O) groups excluding carboxylic acids is 1. The summed E-state index contributed by atoms with van der Waals surface area (Å²) in [4.78, 5) is 30.2. The van der Waals surface area contributed by atoms with Crippen molar-refractivity contribution < 1.29 is 4.79 Å². The average molecular weight is 429 g/mol. The number of imidazole rings is 1. The van der Waals surface area contributed by atoms with E-state index in [0.717, 1.165) is 22.2 Å². The number of fused-ring (bicyclic) bond motifs is 2. The fraction of sp³-hybridized carbons (Fsp3) is 0.0870. The highest BCUT2D eigenvalue weighted by Gasteiger charge is 2.16. The molecule has 7 nitrogen and oxygen atoms in total. The van der Waals surface area contributed by atoms with Crippen LogP contribution in [0, 0.1) is 6.92 Å². The summed E-state index contributed by atoms with van der Waals surface area (Å²) >= 11 is 6.18. The molecule has 0 atom stereocenters. The van der Waals surface area contributed by atoms with Crippen molar-refractivity contribution in [2.24, 2.45) is 0 Å². The van der Waals surface area contributed by atoms with Gasteiger partial charge in [-0.15, -0.1) is 0 Å². The van der Waals surface area contributed by atoms with Gasteiger partial charge >= 0.3 is 0 Å². The van der Waals surface area contributed by atoms with Gasteiger partial charge in [0.15, 0.2) is 22.8 Å². The maximum Gasteiger partial charge on any atom is 0.226 e. The van der Waals surface area contributed by atoms with Gasteiger partial charge in [-0.25, -0.2) is 4.98 Å². The smallest absolute Gasteiger partial charge is 0.226 e. The Labute approximate surface area is 182 Å². The largest absolute Gasteiger partial charge is 0.337 e. The van der Waals surface area contributed by atoms with Crippen LogP contribution in [0.1, 0.15) is 15.9 Å². The molecule has 0 amide bonds. The van der Waals surface area contributed by atoms with Gasteiger partial charge in [-0.1, -0.05) is 48.0 Å². The normalized spacial score (nSPS) is 11.2. The molecular formula is C23H17ClN6O. The van der Waals surface area contributed by atoms with Gasteiger partial charge in [0, 0.05) is 10.9 Å². The molecule has 1 N–H and O–H groups in total. The molecule has 5 aromatic rings. The summed E-state index contributed by atoms with van der Waals surface area (Å²) in [5, 5.41) is 4.29. The van der Waals surface area contributed by atoms with E-state index in [9.17, 15) is 4.79 Å². The van der Waals surface area contributed by atoms with Gasteiger partial charge in [0.25, 0.3) is 0 Å². The minimum atomic E-state index is -0.0396. The minimum absolute atomic E-state index is 0.0396. The number of hydrogen-bond acceptors (Lipinski definition) is 6. The maximum atomic E-state index is 12.7. The van der Waals surface area contributed by atoms with E-state index in [2.05, 4.69) is 25.3 Å². The Morgan fingerprint density at radius 2 is 1.87 bits per heavy atom. The number of ketones is 1. The van der Waals surface area contributed by atoms with E-state index in [1.807, 2.05) is 61.5 Å². The Hall–Kier alpha value is -3.84. The number of rotatable bonds is 5. The summed E-state index contributed by atoms with van der Waals surface area (Å²) < 4.78 is 1.68. The lowest BCUT2D eigenvalue weighted by Gasteiger charge is -2.08. The molecule has 0 aliphatic rings. The van der Waals surface area contributed by atoms with Crippen LogP contribution in [0.5, 0.6) is 0 Å². The molecule has 0 unspecified atom stereocenters. The van der Waals surface area contributed by atoms with Crippen molar-refractivity contribution in [3.63, 3.8) is 0 Å². The van der Waals surface area contributed by atoms with E-state index >= 15 is 0 Å². The molecule has 0 saturated heterocycles. The third-order valence-electron chi connectivity index (χ3n) is 4.98. The molecule has 0 saturated carbocycles. The molecule has 3 aromatic heterocycles. The van der Waals surface area contributed by atoms with E-state index in [1.54, 1.807) is 17.1 Å². The monoisotopic (exact) mass is 428 g/mol. The van der Waals surface area contributed by atoms with Crippen LogP contribution in [0.4, 0.5) is 11.5 Å². The summed E-state index contributed by atoms with van der Waals surface area (Å²) in [6.07, 6.45) is 3.30. The average Bonchev–Trinajstić information content (AvgIpc) is 3.16. The Morgan fingerprint density at radius 1 is 1.06 bits per heavy atom. The van der Waals surface area contributed by atoms with Crippen LogP contribution in [-0.2, 0) is 6.54 Å². The highest BCUT2D eigenvalue weighted by atomic mass is 35.5. The zero-order valence-corrected chi connectivity index (χ0v) is 17.3. The van der Waals surface area contributed by atoms with Crippen LogP contribution in [0.25, 0.3) is 22.1 Å². The first kappa shape index (κ1) is 19.1. The topological polar surface area (TPSA) is 85.6 Å². The molecular weight excluding hydrogens is 412 g/mol. The van der Waals surface area contributed by atoms with E-state index < -0.39 is 0 Å². The number of nitrogens with one attached hydrogen (secondary N) is 1. The quantitative estimate of drug-likeness (QED) is 0.314. The van der Waals surface area contributed by atoms with Crippen molar-refractivity contribution in [3.8, 4) is 0 Å². The predicted molar refractivity (Wildman–Crippen MR) is 121 cm³/mol. The fourth-order valence-electron chi connectivity index (χ4n) is 3.38. The van der Waals surface area contributed by atoms with Crippen LogP contribution < -0.4 is 5.32 Å². The van der Waals surface area contributed by atoms with E-state index in [4.69, 9.17) is 11.6 Å². The van der Waals surface area contributed by atoms with Gasteiger partial charge in [-0.2, -0.15) is 9.97 Å². The third kappa shape index (κ3) is 3.83. The van der Waals surface area contributed by atoms with Crippen LogP contribution in [0.15, 0.2) is 67.1 Å². The van der Waals surface area contributed by atoms with Gasteiger partial charge < -0.3 is 9.88 Å². The van der Waals surface area contributed by atoms with Crippen molar-refractivity contribution in [1.82, 2.24) is 24.5 Å². The van der Waals surface area contributed by atoms with Gasteiger partial charge in [-0.05, 0) is 30.7 Å². The number of benzene rings is 2. The van der Waals surface area contributed by atoms with Crippen molar-refractivity contribution >= 4 is 51.0 Å².